The van der Waals surface area contributed by atoms with Crippen molar-refractivity contribution in [2.75, 3.05) is 11.2 Å². The van der Waals surface area contributed by atoms with Crippen molar-refractivity contribution >= 4 is 35.0 Å². The summed E-state index contributed by atoms with van der Waals surface area (Å²) in [7, 11) is 0. The molecule has 1 heterocycles. The van der Waals surface area contributed by atoms with Gasteiger partial charge in [-0.2, -0.15) is 0 Å². The molecule has 1 aromatic heterocycles. The van der Waals surface area contributed by atoms with Gasteiger partial charge in [-0.1, -0.05) is 47.6 Å². The zero-order chi connectivity index (χ0) is 18.7. The third-order valence-corrected chi connectivity index (χ3v) is 5.10. The Morgan fingerprint density at radius 3 is 2.73 bits per heavy atom. The Morgan fingerprint density at radius 1 is 1.23 bits per heavy atom. The molecule has 0 radical (unpaired) electrons. The lowest BCUT2D eigenvalue weighted by Crippen LogP contribution is -2.23. The van der Waals surface area contributed by atoms with Gasteiger partial charge < -0.3 is 11.2 Å². The number of nitrogen functional groups attached to an aromatic ring is 1. The van der Waals surface area contributed by atoms with Crippen LogP contribution in [0, 0.1) is 6.92 Å². The van der Waals surface area contributed by atoms with Gasteiger partial charge in [0.2, 0.25) is 11.1 Å². The van der Waals surface area contributed by atoms with E-state index in [1.807, 2.05) is 49.4 Å². The summed E-state index contributed by atoms with van der Waals surface area (Å²) in [6.45, 7) is 3.76. The SMILES string of the molecule is Cc1cccc(NC(=O)[C@@H](C)Sc2nnc(-c3ccccc3Cl)n2N)c1. The highest BCUT2D eigenvalue weighted by molar-refractivity contribution is 8.00. The van der Waals surface area contributed by atoms with Crippen molar-refractivity contribution in [3.63, 3.8) is 0 Å². The first kappa shape index (κ1) is 18.3. The van der Waals surface area contributed by atoms with Crippen LogP contribution in [-0.2, 0) is 4.79 Å². The highest BCUT2D eigenvalue weighted by Crippen LogP contribution is 2.29. The van der Waals surface area contributed by atoms with Gasteiger partial charge in [0.25, 0.3) is 0 Å². The molecule has 0 spiro atoms. The fourth-order valence-electron chi connectivity index (χ4n) is 2.36. The first-order chi connectivity index (χ1) is 12.5. The van der Waals surface area contributed by atoms with Crippen LogP contribution in [-0.4, -0.2) is 26.0 Å². The Hall–Kier alpha value is -2.51. The lowest BCUT2D eigenvalue weighted by Gasteiger charge is -2.12. The van der Waals surface area contributed by atoms with Crippen molar-refractivity contribution in [2.45, 2.75) is 24.3 Å². The largest absolute Gasteiger partial charge is 0.335 e. The predicted molar refractivity (Wildman–Crippen MR) is 106 cm³/mol. The van der Waals surface area contributed by atoms with Crippen LogP contribution in [0.1, 0.15) is 12.5 Å². The van der Waals surface area contributed by atoms with Crippen molar-refractivity contribution in [3.8, 4) is 11.4 Å². The molecular formula is C18H18ClN5OS. The van der Waals surface area contributed by atoms with E-state index in [0.717, 1.165) is 11.3 Å². The predicted octanol–water partition coefficient (Wildman–Crippen LogP) is 3.74. The van der Waals surface area contributed by atoms with Crippen molar-refractivity contribution < 1.29 is 4.79 Å². The van der Waals surface area contributed by atoms with Crippen molar-refractivity contribution in [2.24, 2.45) is 0 Å². The van der Waals surface area contributed by atoms with Gasteiger partial charge in [-0.05, 0) is 43.7 Å². The minimum absolute atomic E-state index is 0.136. The maximum atomic E-state index is 12.4. The molecule has 1 atom stereocenters. The number of halogens is 1. The van der Waals surface area contributed by atoms with Crippen LogP contribution in [0.25, 0.3) is 11.4 Å². The van der Waals surface area contributed by atoms with E-state index in [9.17, 15) is 4.79 Å². The topological polar surface area (TPSA) is 85.8 Å². The molecule has 0 aliphatic heterocycles. The molecule has 6 nitrogen and oxygen atoms in total. The summed E-state index contributed by atoms with van der Waals surface area (Å²) < 4.78 is 1.35. The lowest BCUT2D eigenvalue weighted by atomic mass is 10.2. The van der Waals surface area contributed by atoms with Gasteiger partial charge in [0.15, 0.2) is 5.82 Å². The molecule has 3 aromatic rings. The molecule has 0 aliphatic carbocycles. The fourth-order valence-corrected chi connectivity index (χ4v) is 3.35. The van der Waals surface area contributed by atoms with Gasteiger partial charge in [-0.3, -0.25) is 4.79 Å². The van der Waals surface area contributed by atoms with Crippen LogP contribution >= 0.6 is 23.4 Å². The lowest BCUT2D eigenvalue weighted by molar-refractivity contribution is -0.115. The minimum atomic E-state index is -0.402. The maximum Gasteiger partial charge on any atom is 0.237 e. The molecule has 0 fully saturated rings. The van der Waals surface area contributed by atoms with E-state index in [2.05, 4.69) is 15.5 Å². The van der Waals surface area contributed by atoms with Gasteiger partial charge in [-0.15, -0.1) is 10.2 Å². The smallest absolute Gasteiger partial charge is 0.237 e. The van der Waals surface area contributed by atoms with E-state index in [1.165, 1.54) is 16.4 Å². The Balaban J connectivity index is 1.73. The summed E-state index contributed by atoms with van der Waals surface area (Å²) in [4.78, 5) is 12.4. The summed E-state index contributed by atoms with van der Waals surface area (Å²) in [6, 6.07) is 14.9. The van der Waals surface area contributed by atoms with E-state index in [-0.39, 0.29) is 5.91 Å². The van der Waals surface area contributed by atoms with E-state index in [1.54, 1.807) is 13.0 Å². The summed E-state index contributed by atoms with van der Waals surface area (Å²) in [5.74, 6) is 6.42. The molecule has 0 aliphatic rings. The summed E-state index contributed by atoms with van der Waals surface area (Å²) in [5.41, 5.74) is 2.52. The number of nitrogens with zero attached hydrogens (tertiary/aromatic N) is 3. The van der Waals surface area contributed by atoms with Crippen molar-refractivity contribution in [1.29, 1.82) is 0 Å². The van der Waals surface area contributed by atoms with Crippen molar-refractivity contribution in [3.05, 3.63) is 59.1 Å². The van der Waals surface area contributed by atoms with Gasteiger partial charge in [0, 0.05) is 11.3 Å². The Kier molecular flexibility index (Phi) is 5.49. The molecule has 0 bridgehead atoms. The number of nitrogens with one attached hydrogen (secondary N) is 1. The fraction of sp³-hybridized carbons (Fsp3) is 0.167. The van der Waals surface area contributed by atoms with Crippen LogP contribution in [0.15, 0.2) is 53.7 Å². The first-order valence-electron chi connectivity index (χ1n) is 7.95. The first-order valence-corrected chi connectivity index (χ1v) is 9.21. The number of aromatic nitrogens is 3. The molecule has 0 saturated carbocycles. The Bertz CT molecular complexity index is 943. The molecule has 134 valence electrons. The third-order valence-electron chi connectivity index (χ3n) is 3.72. The number of hydrogen-bond acceptors (Lipinski definition) is 5. The van der Waals surface area contributed by atoms with Gasteiger partial charge >= 0.3 is 0 Å². The molecule has 3 rings (SSSR count). The quantitative estimate of drug-likeness (QED) is 0.514. The number of nitrogens with two attached hydrogens (primary N) is 1. The summed E-state index contributed by atoms with van der Waals surface area (Å²) in [6.07, 6.45) is 0. The van der Waals surface area contributed by atoms with Gasteiger partial charge in [0.05, 0.1) is 10.3 Å². The number of hydrogen-bond donors (Lipinski definition) is 2. The minimum Gasteiger partial charge on any atom is -0.335 e. The van der Waals surface area contributed by atoms with E-state index < -0.39 is 5.25 Å². The standard InChI is InChI=1S/C18H18ClN5OS/c1-11-6-5-7-13(10-11)21-17(25)12(2)26-18-23-22-16(24(18)20)14-8-3-4-9-15(14)19/h3-10,12H,20H2,1-2H3,(H,21,25)/t12-/m1/s1. The van der Waals surface area contributed by atoms with E-state index in [0.29, 0.717) is 21.6 Å². The number of carbonyl (C=O) groups is 1. The van der Waals surface area contributed by atoms with E-state index in [4.69, 9.17) is 17.4 Å². The molecule has 0 unspecified atom stereocenters. The monoisotopic (exact) mass is 387 g/mol. The number of thioether (sulfide) groups is 1. The number of rotatable bonds is 5. The van der Waals surface area contributed by atoms with Crippen LogP contribution in [0.5, 0.6) is 0 Å². The highest BCUT2D eigenvalue weighted by atomic mass is 35.5. The molecule has 26 heavy (non-hydrogen) atoms. The summed E-state index contributed by atoms with van der Waals surface area (Å²) in [5, 5.41) is 11.7. The Morgan fingerprint density at radius 2 is 2.00 bits per heavy atom. The zero-order valence-corrected chi connectivity index (χ0v) is 15.9. The normalized spacial score (nSPS) is 12.0. The molecule has 1 amide bonds. The molecule has 0 saturated heterocycles. The second-order valence-corrected chi connectivity index (χ2v) is 7.49. The van der Waals surface area contributed by atoms with Gasteiger partial charge in [0.1, 0.15) is 0 Å². The second kappa shape index (κ2) is 7.80. The number of benzene rings is 2. The number of aryl methyl sites for hydroxylation is 1. The molecule has 2 aromatic carbocycles. The highest BCUT2D eigenvalue weighted by Gasteiger charge is 2.20. The van der Waals surface area contributed by atoms with Crippen LogP contribution in [0.4, 0.5) is 5.69 Å². The van der Waals surface area contributed by atoms with E-state index >= 15 is 0 Å². The molecule has 3 N–H and O–H groups in total. The average Bonchev–Trinajstić information content (AvgIpc) is 2.96. The van der Waals surface area contributed by atoms with Crippen LogP contribution < -0.4 is 11.2 Å². The van der Waals surface area contributed by atoms with Crippen molar-refractivity contribution in [1.82, 2.24) is 14.9 Å². The van der Waals surface area contributed by atoms with Crippen LogP contribution in [0.3, 0.4) is 0 Å². The Labute approximate surface area is 160 Å². The van der Waals surface area contributed by atoms with Crippen LogP contribution in [0.2, 0.25) is 5.02 Å². The third kappa shape index (κ3) is 4.00. The number of amides is 1. The van der Waals surface area contributed by atoms with Gasteiger partial charge in [-0.25, -0.2) is 4.68 Å². The summed E-state index contributed by atoms with van der Waals surface area (Å²) >= 11 is 7.42. The molecular weight excluding hydrogens is 370 g/mol. The number of anilines is 1. The zero-order valence-electron chi connectivity index (χ0n) is 14.3. The maximum absolute atomic E-state index is 12.4. The average molecular weight is 388 g/mol. The number of carbonyl (C=O) groups excluding carboxylic acids is 1. The molecule has 8 heteroatoms. The second-order valence-electron chi connectivity index (χ2n) is 5.77.